The molecule has 1 unspecified atom stereocenters. The lowest BCUT2D eigenvalue weighted by Gasteiger charge is -2.18. The molecule has 1 aliphatic rings. The van der Waals surface area contributed by atoms with E-state index in [1.807, 2.05) is 67.7 Å². The van der Waals surface area contributed by atoms with E-state index >= 15 is 0 Å². The minimum atomic E-state index is -0.439. The van der Waals surface area contributed by atoms with E-state index in [4.69, 9.17) is 16.3 Å². The van der Waals surface area contributed by atoms with E-state index in [0.29, 0.717) is 40.9 Å². The molecule has 0 saturated carbocycles. The third kappa shape index (κ3) is 4.71. The molecule has 9 nitrogen and oxygen atoms in total. The highest BCUT2D eigenvalue weighted by Gasteiger charge is 2.35. The molecule has 0 fully saturated rings. The van der Waals surface area contributed by atoms with Crippen LogP contribution in [0, 0.1) is 0 Å². The Kier molecular flexibility index (Phi) is 6.74. The maximum Gasteiger partial charge on any atom is 0.308 e. The first-order chi connectivity index (χ1) is 21.3. The molecule has 0 radical (unpaired) electrons. The molecule has 220 valence electrons. The van der Waals surface area contributed by atoms with Crippen molar-refractivity contribution < 1.29 is 19.1 Å². The van der Waals surface area contributed by atoms with Crippen molar-refractivity contribution in [3.8, 4) is 5.75 Å². The second-order valence-electron chi connectivity index (χ2n) is 10.9. The minimum Gasteiger partial charge on any atom is -0.426 e. The Morgan fingerprint density at radius 3 is 2.25 bits per heavy atom. The summed E-state index contributed by atoms with van der Waals surface area (Å²) in [6.45, 7) is 1.75. The van der Waals surface area contributed by atoms with E-state index < -0.39 is 5.97 Å². The molecular weight excluding hydrogens is 578 g/mol. The normalized spacial score (nSPS) is 14.2. The number of benzene rings is 4. The van der Waals surface area contributed by atoms with Gasteiger partial charge in [-0.15, -0.1) is 11.6 Å². The molecule has 7 rings (SSSR count). The molecule has 1 atom stereocenters. The largest absolute Gasteiger partial charge is 0.426 e. The second-order valence-corrected chi connectivity index (χ2v) is 11.2. The van der Waals surface area contributed by atoms with Crippen LogP contribution in [0.2, 0.25) is 0 Å². The molecule has 6 aromatic rings. The number of nitrogens with zero attached hydrogens (tertiary/aromatic N) is 1. The van der Waals surface area contributed by atoms with Gasteiger partial charge in [0.15, 0.2) is 0 Å². The Morgan fingerprint density at radius 1 is 0.886 bits per heavy atom. The van der Waals surface area contributed by atoms with Gasteiger partial charge < -0.3 is 30.2 Å². The van der Waals surface area contributed by atoms with Crippen molar-refractivity contribution in [2.45, 2.75) is 12.8 Å². The third-order valence-corrected chi connectivity index (χ3v) is 8.45. The van der Waals surface area contributed by atoms with E-state index in [1.165, 1.54) is 6.92 Å². The van der Waals surface area contributed by atoms with Gasteiger partial charge in [-0.3, -0.25) is 14.4 Å². The Labute approximate surface area is 257 Å². The van der Waals surface area contributed by atoms with Gasteiger partial charge in [0, 0.05) is 76.9 Å². The highest BCUT2D eigenvalue weighted by molar-refractivity contribution is 6.19. The first-order valence-electron chi connectivity index (χ1n) is 14.2. The van der Waals surface area contributed by atoms with Gasteiger partial charge in [-0.25, -0.2) is 0 Å². The van der Waals surface area contributed by atoms with Gasteiger partial charge in [0.25, 0.3) is 11.8 Å². The van der Waals surface area contributed by atoms with Gasteiger partial charge in [-0.2, -0.15) is 0 Å². The van der Waals surface area contributed by atoms with Crippen molar-refractivity contribution in [2.75, 3.05) is 35.0 Å². The number of halogens is 1. The maximum absolute atomic E-state index is 14.0. The van der Waals surface area contributed by atoms with Crippen molar-refractivity contribution in [1.29, 1.82) is 0 Å². The maximum atomic E-state index is 14.0. The number of aromatic nitrogens is 2. The van der Waals surface area contributed by atoms with E-state index in [9.17, 15) is 14.4 Å². The lowest BCUT2D eigenvalue weighted by atomic mass is 9.95. The van der Waals surface area contributed by atoms with Gasteiger partial charge >= 0.3 is 5.97 Å². The number of H-pyrrole nitrogens is 2. The molecule has 2 amide bonds. The Hall–Kier alpha value is -5.28. The summed E-state index contributed by atoms with van der Waals surface area (Å²) < 4.78 is 5.55. The molecule has 4 N–H and O–H groups in total. The van der Waals surface area contributed by atoms with Gasteiger partial charge in [-0.1, -0.05) is 24.3 Å². The monoisotopic (exact) mass is 605 g/mol. The fraction of sp³-hybridized carbons (Fsp3) is 0.147. The molecule has 0 bridgehead atoms. The lowest BCUT2D eigenvalue weighted by Crippen LogP contribution is -2.30. The van der Waals surface area contributed by atoms with E-state index in [-0.39, 0.29) is 17.7 Å². The highest BCUT2D eigenvalue weighted by Crippen LogP contribution is 2.46. The van der Waals surface area contributed by atoms with Crippen molar-refractivity contribution in [3.05, 3.63) is 95.8 Å². The molecule has 0 spiro atoms. The smallest absolute Gasteiger partial charge is 0.308 e. The minimum absolute atomic E-state index is 0.0902. The number of ether oxygens (including phenoxy) is 1. The van der Waals surface area contributed by atoms with Crippen LogP contribution in [0.3, 0.4) is 0 Å². The number of rotatable bonds is 6. The number of amides is 2. The summed E-state index contributed by atoms with van der Waals surface area (Å²) >= 11 is 6.41. The summed E-state index contributed by atoms with van der Waals surface area (Å²) in [6, 6.07) is 24.3. The number of aromatic amines is 2. The highest BCUT2D eigenvalue weighted by atomic mass is 35.5. The zero-order valence-electron chi connectivity index (χ0n) is 24.0. The predicted octanol–water partition coefficient (Wildman–Crippen LogP) is 7.00. The number of anilines is 3. The molecule has 1 aliphatic heterocycles. The van der Waals surface area contributed by atoms with E-state index in [0.717, 1.165) is 43.8 Å². The van der Waals surface area contributed by atoms with Gasteiger partial charge in [0.2, 0.25) is 0 Å². The molecular formula is C34H28ClN5O4. The standard InChI is InChI=1S/C34H28ClN5O4/c1-18(41)44-31-15-30-32(25-6-4-3-5-24(25)31)21(16-35)17-40(30)34(43)29-14-20-12-23(8-10-27(20)39-29)37-33(42)28-13-19-11-22(36-2)7-9-26(19)38-28/h3-15,21,36,38-39H,16-17H2,1-2H3,(H,37,42). The van der Waals surface area contributed by atoms with Gasteiger partial charge in [0.1, 0.15) is 17.1 Å². The van der Waals surface area contributed by atoms with Crippen LogP contribution in [0.5, 0.6) is 5.75 Å². The van der Waals surface area contributed by atoms with Crippen LogP contribution in [0.15, 0.2) is 78.9 Å². The predicted molar refractivity (Wildman–Crippen MR) is 174 cm³/mol. The van der Waals surface area contributed by atoms with Crippen LogP contribution in [0.4, 0.5) is 17.1 Å². The number of carbonyl (C=O) groups excluding carboxylic acids is 3. The molecule has 10 heteroatoms. The third-order valence-electron chi connectivity index (χ3n) is 8.08. The van der Waals surface area contributed by atoms with Gasteiger partial charge in [-0.05, 0) is 59.5 Å². The number of carbonyl (C=O) groups is 3. The quantitative estimate of drug-likeness (QED) is 0.0925. The zero-order chi connectivity index (χ0) is 30.5. The van der Waals surface area contributed by atoms with Crippen molar-refractivity contribution in [3.63, 3.8) is 0 Å². The summed E-state index contributed by atoms with van der Waals surface area (Å²) in [6.07, 6.45) is 0. The van der Waals surface area contributed by atoms with Crippen LogP contribution in [-0.2, 0) is 4.79 Å². The molecule has 3 heterocycles. The topological polar surface area (TPSA) is 119 Å². The summed E-state index contributed by atoms with van der Waals surface area (Å²) in [5, 5.41) is 9.44. The summed E-state index contributed by atoms with van der Waals surface area (Å²) in [4.78, 5) is 47.0. The lowest BCUT2D eigenvalue weighted by molar-refractivity contribution is -0.131. The average Bonchev–Trinajstić information content (AvgIpc) is 3.75. The summed E-state index contributed by atoms with van der Waals surface area (Å²) in [5.41, 5.74) is 5.64. The SMILES string of the molecule is CNc1ccc2[nH]c(C(=O)Nc3ccc4[nH]c(C(=O)N5CC(CCl)c6c5cc(OC(C)=O)c5ccccc65)cc4c3)cc2c1. The Morgan fingerprint density at radius 2 is 1.55 bits per heavy atom. The first kappa shape index (κ1) is 27.5. The van der Waals surface area contributed by atoms with Gasteiger partial charge in [0.05, 0.1) is 5.69 Å². The van der Waals surface area contributed by atoms with Crippen LogP contribution in [0.25, 0.3) is 32.6 Å². The van der Waals surface area contributed by atoms with E-state index in [1.54, 1.807) is 23.1 Å². The molecule has 0 saturated heterocycles. The van der Waals surface area contributed by atoms with Crippen molar-refractivity contribution in [2.24, 2.45) is 0 Å². The number of esters is 1. The fourth-order valence-corrected chi connectivity index (χ4v) is 6.30. The van der Waals surface area contributed by atoms with Crippen molar-refractivity contribution in [1.82, 2.24) is 9.97 Å². The average molecular weight is 606 g/mol. The first-order valence-corrected chi connectivity index (χ1v) is 14.7. The van der Waals surface area contributed by atoms with Crippen LogP contribution < -0.4 is 20.3 Å². The van der Waals surface area contributed by atoms with Crippen LogP contribution in [-0.4, -0.2) is 47.2 Å². The number of nitrogens with one attached hydrogen (secondary N) is 4. The molecule has 2 aromatic heterocycles. The number of fused-ring (bicyclic) bond motifs is 5. The number of hydrogen-bond acceptors (Lipinski definition) is 5. The van der Waals surface area contributed by atoms with Crippen LogP contribution >= 0.6 is 11.6 Å². The molecule has 4 aromatic carbocycles. The zero-order valence-corrected chi connectivity index (χ0v) is 24.7. The summed E-state index contributed by atoms with van der Waals surface area (Å²) in [5.74, 6) is -0.303. The fourth-order valence-electron chi connectivity index (χ4n) is 6.05. The number of hydrogen-bond donors (Lipinski definition) is 4. The summed E-state index contributed by atoms with van der Waals surface area (Å²) in [7, 11) is 1.85. The van der Waals surface area contributed by atoms with E-state index in [2.05, 4.69) is 20.6 Å². The molecule has 0 aliphatic carbocycles. The van der Waals surface area contributed by atoms with Crippen molar-refractivity contribution >= 4 is 79.0 Å². The number of alkyl halides is 1. The van der Waals surface area contributed by atoms with Crippen LogP contribution in [0.1, 0.15) is 39.4 Å². The molecule has 44 heavy (non-hydrogen) atoms. The Bertz CT molecular complexity index is 2130. The second kappa shape index (κ2) is 10.8. The Balaban J connectivity index is 1.18.